The van der Waals surface area contributed by atoms with E-state index < -0.39 is 5.60 Å². The van der Waals surface area contributed by atoms with Crippen LogP contribution in [0.2, 0.25) is 0 Å². The lowest BCUT2D eigenvalue weighted by Gasteiger charge is -2.44. The van der Waals surface area contributed by atoms with Crippen LogP contribution in [0, 0.1) is 17.2 Å². The standard InChI is InChI=1S/C25H29N5O3/c1-17-10-19-14-29(15-21(17)30(19)23-5-4-18(11-26)12-28-23)24(31)16-33-25(7-3-8-25)20-13-27-9-6-22(20)32-2/h4-6,9,12-13,17,19,21H,3,7-8,10,14-16H2,1-2H3/t17-,19?,21?/m0/s1. The topological polar surface area (TPSA) is 91.6 Å². The molecule has 5 rings (SSSR count). The van der Waals surface area contributed by atoms with Crippen LogP contribution in [0.1, 0.15) is 43.7 Å². The van der Waals surface area contributed by atoms with Gasteiger partial charge in [0.2, 0.25) is 5.91 Å². The van der Waals surface area contributed by atoms with Gasteiger partial charge < -0.3 is 19.3 Å². The zero-order chi connectivity index (χ0) is 23.0. The van der Waals surface area contributed by atoms with E-state index in [1.807, 2.05) is 23.1 Å². The van der Waals surface area contributed by atoms with Gasteiger partial charge in [-0.2, -0.15) is 5.26 Å². The number of nitrogens with zero attached hydrogens (tertiary/aromatic N) is 5. The van der Waals surface area contributed by atoms with E-state index in [0.29, 0.717) is 24.6 Å². The summed E-state index contributed by atoms with van der Waals surface area (Å²) in [4.78, 5) is 26.3. The third-order valence-electron chi connectivity index (χ3n) is 7.51. The molecule has 172 valence electrons. The van der Waals surface area contributed by atoms with E-state index >= 15 is 0 Å². The monoisotopic (exact) mass is 447 g/mol. The lowest BCUT2D eigenvalue weighted by molar-refractivity contribution is -0.154. The van der Waals surface area contributed by atoms with Crippen molar-refractivity contribution in [1.29, 1.82) is 5.26 Å². The molecule has 2 unspecified atom stereocenters. The minimum absolute atomic E-state index is 0.0284. The Hall–Kier alpha value is -3.18. The fourth-order valence-corrected chi connectivity index (χ4v) is 5.58. The second-order valence-electron chi connectivity index (χ2n) is 9.37. The SMILES string of the molecule is COc1ccncc1C1(OCC(=O)N2CC3C[C@H](C)C(C2)N3c2ccc(C#N)cn2)CCC1. The molecule has 0 N–H and O–H groups in total. The summed E-state index contributed by atoms with van der Waals surface area (Å²) in [5, 5.41) is 9.05. The first-order valence-electron chi connectivity index (χ1n) is 11.6. The van der Waals surface area contributed by atoms with Gasteiger partial charge in [0, 0.05) is 43.3 Å². The smallest absolute Gasteiger partial charge is 0.248 e. The first kappa shape index (κ1) is 21.7. The Bertz CT molecular complexity index is 1060. The Kier molecular flexibility index (Phi) is 5.67. The highest BCUT2D eigenvalue weighted by Gasteiger charge is 2.47. The number of carbonyl (C=O) groups excluding carboxylic acids is 1. The third-order valence-corrected chi connectivity index (χ3v) is 7.51. The van der Waals surface area contributed by atoms with Gasteiger partial charge in [-0.15, -0.1) is 0 Å². The molecule has 3 aliphatic rings. The van der Waals surface area contributed by atoms with Gasteiger partial charge in [-0.3, -0.25) is 9.78 Å². The van der Waals surface area contributed by atoms with Gasteiger partial charge in [-0.1, -0.05) is 6.92 Å². The van der Waals surface area contributed by atoms with Crippen molar-refractivity contribution in [1.82, 2.24) is 14.9 Å². The van der Waals surface area contributed by atoms with Crippen molar-refractivity contribution in [2.45, 2.75) is 50.3 Å². The maximum Gasteiger partial charge on any atom is 0.248 e. The van der Waals surface area contributed by atoms with E-state index in [2.05, 4.69) is 27.9 Å². The molecule has 3 fully saturated rings. The minimum atomic E-state index is -0.490. The van der Waals surface area contributed by atoms with E-state index in [-0.39, 0.29) is 24.6 Å². The van der Waals surface area contributed by atoms with Gasteiger partial charge in [0.25, 0.3) is 0 Å². The molecule has 1 saturated carbocycles. The number of piperazine rings is 1. The number of likely N-dealkylation sites (tertiary alicyclic amines) is 1. The van der Waals surface area contributed by atoms with Crippen molar-refractivity contribution >= 4 is 11.7 Å². The fraction of sp³-hybridized carbons (Fsp3) is 0.520. The number of rotatable bonds is 6. The number of amides is 1. The molecule has 1 aliphatic carbocycles. The number of hydrogen-bond donors (Lipinski definition) is 0. The molecule has 2 saturated heterocycles. The van der Waals surface area contributed by atoms with Crippen LogP contribution in [-0.4, -0.2) is 59.7 Å². The summed E-state index contributed by atoms with van der Waals surface area (Å²) >= 11 is 0. The number of hydrogen-bond acceptors (Lipinski definition) is 7. The molecular weight excluding hydrogens is 418 g/mol. The van der Waals surface area contributed by atoms with E-state index in [4.69, 9.17) is 14.7 Å². The van der Waals surface area contributed by atoms with Gasteiger partial charge in [-0.05, 0) is 49.8 Å². The Morgan fingerprint density at radius 1 is 1.27 bits per heavy atom. The van der Waals surface area contributed by atoms with Crippen LogP contribution in [0.25, 0.3) is 0 Å². The zero-order valence-electron chi connectivity index (χ0n) is 19.1. The molecule has 0 spiro atoms. The van der Waals surface area contributed by atoms with Crippen LogP contribution in [0.15, 0.2) is 36.8 Å². The second-order valence-corrected chi connectivity index (χ2v) is 9.37. The summed E-state index contributed by atoms with van der Waals surface area (Å²) in [5.41, 5.74) is 0.993. The molecule has 1 amide bonds. The normalized spacial score (nSPS) is 25.3. The molecule has 0 radical (unpaired) electrons. The Labute approximate surface area is 194 Å². The third kappa shape index (κ3) is 3.80. The van der Waals surface area contributed by atoms with Crippen LogP contribution >= 0.6 is 0 Å². The van der Waals surface area contributed by atoms with Crippen LogP contribution in [0.4, 0.5) is 5.82 Å². The summed E-state index contributed by atoms with van der Waals surface area (Å²) in [7, 11) is 1.65. The Morgan fingerprint density at radius 2 is 2.12 bits per heavy atom. The fourth-order valence-electron chi connectivity index (χ4n) is 5.58. The average molecular weight is 448 g/mol. The molecule has 8 nitrogen and oxygen atoms in total. The number of carbonyl (C=O) groups is 1. The van der Waals surface area contributed by atoms with Crippen molar-refractivity contribution in [3.8, 4) is 11.8 Å². The summed E-state index contributed by atoms with van der Waals surface area (Å²) in [6.45, 7) is 3.61. The van der Waals surface area contributed by atoms with Crippen LogP contribution in [-0.2, 0) is 15.1 Å². The van der Waals surface area contributed by atoms with E-state index in [1.54, 1.807) is 25.7 Å². The Balaban J connectivity index is 1.27. The maximum atomic E-state index is 13.2. The highest BCUT2D eigenvalue weighted by molar-refractivity contribution is 5.78. The van der Waals surface area contributed by atoms with Gasteiger partial charge in [0.15, 0.2) is 0 Å². The highest BCUT2D eigenvalue weighted by atomic mass is 16.5. The Morgan fingerprint density at radius 3 is 2.76 bits per heavy atom. The minimum Gasteiger partial charge on any atom is -0.496 e. The number of fused-ring (bicyclic) bond motifs is 2. The molecule has 8 heteroatoms. The number of nitriles is 1. The van der Waals surface area contributed by atoms with Crippen molar-refractivity contribution < 1.29 is 14.3 Å². The van der Waals surface area contributed by atoms with E-state index in [0.717, 1.165) is 42.8 Å². The molecule has 2 aliphatic heterocycles. The van der Waals surface area contributed by atoms with E-state index in [9.17, 15) is 4.79 Å². The van der Waals surface area contributed by atoms with Crippen molar-refractivity contribution in [3.63, 3.8) is 0 Å². The molecule has 4 heterocycles. The number of pyridine rings is 2. The molecule has 33 heavy (non-hydrogen) atoms. The van der Waals surface area contributed by atoms with Crippen LogP contribution in [0.5, 0.6) is 5.75 Å². The van der Waals surface area contributed by atoms with Gasteiger partial charge in [0.1, 0.15) is 24.2 Å². The van der Waals surface area contributed by atoms with Crippen molar-refractivity contribution in [2.24, 2.45) is 5.92 Å². The number of anilines is 1. The van der Waals surface area contributed by atoms with Gasteiger partial charge in [-0.25, -0.2) is 4.98 Å². The predicted molar refractivity (Wildman–Crippen MR) is 122 cm³/mol. The summed E-state index contributed by atoms with van der Waals surface area (Å²) in [6, 6.07) is 8.12. The quantitative estimate of drug-likeness (QED) is 0.672. The average Bonchev–Trinajstić information content (AvgIpc) is 3.02. The predicted octanol–water partition coefficient (Wildman–Crippen LogP) is 2.88. The maximum absolute atomic E-state index is 13.2. The molecule has 3 atom stereocenters. The first-order chi connectivity index (χ1) is 16.0. The second kappa shape index (κ2) is 8.64. The highest BCUT2D eigenvalue weighted by Crippen LogP contribution is 2.47. The lowest BCUT2D eigenvalue weighted by atomic mass is 9.75. The van der Waals surface area contributed by atoms with E-state index in [1.165, 1.54) is 0 Å². The van der Waals surface area contributed by atoms with Gasteiger partial charge >= 0.3 is 0 Å². The summed E-state index contributed by atoms with van der Waals surface area (Å²) in [6.07, 6.45) is 8.94. The first-order valence-corrected chi connectivity index (χ1v) is 11.6. The van der Waals surface area contributed by atoms with Crippen LogP contribution < -0.4 is 9.64 Å². The lowest BCUT2D eigenvalue weighted by Crippen LogP contribution is -2.57. The molecule has 2 aromatic heterocycles. The van der Waals surface area contributed by atoms with Crippen LogP contribution in [0.3, 0.4) is 0 Å². The molecular formula is C25H29N5O3. The van der Waals surface area contributed by atoms with Gasteiger partial charge in [0.05, 0.1) is 24.3 Å². The molecule has 2 aromatic rings. The summed E-state index contributed by atoms with van der Waals surface area (Å²) in [5.74, 6) is 2.13. The number of ether oxygens (including phenoxy) is 2. The number of methoxy groups -OCH3 is 1. The van der Waals surface area contributed by atoms with Crippen molar-refractivity contribution in [2.75, 3.05) is 31.7 Å². The number of aromatic nitrogens is 2. The zero-order valence-corrected chi connectivity index (χ0v) is 19.1. The summed E-state index contributed by atoms with van der Waals surface area (Å²) < 4.78 is 11.8. The molecule has 0 aromatic carbocycles. The largest absolute Gasteiger partial charge is 0.496 e. The van der Waals surface area contributed by atoms with Crippen molar-refractivity contribution in [3.05, 3.63) is 47.9 Å². The molecule has 2 bridgehead atoms.